The molecule has 3 unspecified atom stereocenters. The molecule has 5 rings (SSSR count). The number of aliphatic hydroxyl groups excluding tert-OH is 4. The summed E-state index contributed by atoms with van der Waals surface area (Å²) in [5, 5.41) is 39.2. The minimum Gasteiger partial charge on any atom is -0.395 e. The summed E-state index contributed by atoms with van der Waals surface area (Å²) in [6.07, 6.45) is 8.38. The van der Waals surface area contributed by atoms with Crippen LogP contribution in [0.5, 0.6) is 0 Å². The maximum atomic E-state index is 10.0. The van der Waals surface area contributed by atoms with Crippen molar-refractivity contribution in [3.63, 3.8) is 0 Å². The van der Waals surface area contributed by atoms with E-state index in [0.717, 1.165) is 50.2 Å². The standard InChI is InChI=1S/C22H39NO5/c24-13-18-20(26)21(27)19(25)12-23(18)4-2-1-3-5-28-14-22-9-15-6-16(10-22)8-17(7-15)11-22/h15-21,24-27H,1-14H2/t15?,16?,17?,18?,19?,20-,21?,22?/m0/s1. The monoisotopic (exact) mass is 397 g/mol. The summed E-state index contributed by atoms with van der Waals surface area (Å²) in [5.74, 6) is 2.93. The molecule has 28 heavy (non-hydrogen) atoms. The third-order valence-corrected chi connectivity index (χ3v) is 8.02. The van der Waals surface area contributed by atoms with E-state index in [1.165, 1.54) is 38.5 Å². The fraction of sp³-hybridized carbons (Fsp3) is 1.00. The van der Waals surface area contributed by atoms with Crippen LogP contribution in [0.15, 0.2) is 0 Å². The highest BCUT2D eigenvalue weighted by molar-refractivity contribution is 5.01. The molecule has 4 atom stereocenters. The highest BCUT2D eigenvalue weighted by Crippen LogP contribution is 2.60. The highest BCUT2D eigenvalue weighted by Gasteiger charge is 2.50. The third-order valence-electron chi connectivity index (χ3n) is 8.02. The number of β-amino-alcohol motifs (C(OH)–C–C–N with tert-alkyl or cyclic N) is 1. The van der Waals surface area contributed by atoms with Gasteiger partial charge in [0.1, 0.15) is 12.2 Å². The Kier molecular flexibility index (Phi) is 6.65. The third kappa shape index (κ3) is 4.42. The molecule has 0 spiro atoms. The summed E-state index contributed by atoms with van der Waals surface area (Å²) in [5.41, 5.74) is 0.490. The van der Waals surface area contributed by atoms with Gasteiger partial charge in [-0.2, -0.15) is 0 Å². The lowest BCUT2D eigenvalue weighted by Gasteiger charge is -2.56. The number of ether oxygens (including phenoxy) is 1. The average Bonchev–Trinajstić information content (AvgIpc) is 2.64. The van der Waals surface area contributed by atoms with Gasteiger partial charge < -0.3 is 25.2 Å². The van der Waals surface area contributed by atoms with Crippen molar-refractivity contribution in [3.05, 3.63) is 0 Å². The fourth-order valence-corrected chi connectivity index (χ4v) is 7.09. The molecule has 5 fully saturated rings. The van der Waals surface area contributed by atoms with Crippen LogP contribution >= 0.6 is 0 Å². The minimum absolute atomic E-state index is 0.209. The van der Waals surface area contributed by atoms with Gasteiger partial charge in [-0.3, -0.25) is 4.90 Å². The highest BCUT2D eigenvalue weighted by atomic mass is 16.5. The summed E-state index contributed by atoms with van der Waals surface area (Å²) < 4.78 is 6.13. The van der Waals surface area contributed by atoms with Crippen molar-refractivity contribution >= 4 is 0 Å². The molecule has 4 aliphatic carbocycles. The van der Waals surface area contributed by atoms with E-state index in [2.05, 4.69) is 0 Å². The lowest BCUT2D eigenvalue weighted by atomic mass is 9.50. The zero-order chi connectivity index (χ0) is 19.7. The van der Waals surface area contributed by atoms with Crippen LogP contribution in [0.1, 0.15) is 57.8 Å². The molecule has 4 N–H and O–H groups in total. The maximum absolute atomic E-state index is 10.0. The van der Waals surface area contributed by atoms with Gasteiger partial charge in [0.25, 0.3) is 0 Å². The van der Waals surface area contributed by atoms with E-state index in [9.17, 15) is 20.4 Å². The maximum Gasteiger partial charge on any atom is 0.109 e. The summed E-state index contributed by atoms with van der Waals surface area (Å²) in [6, 6.07) is -0.495. The number of hydrogen-bond acceptors (Lipinski definition) is 6. The van der Waals surface area contributed by atoms with Gasteiger partial charge in [-0.15, -0.1) is 0 Å². The summed E-state index contributed by atoms with van der Waals surface area (Å²) >= 11 is 0. The van der Waals surface area contributed by atoms with Crippen molar-refractivity contribution in [2.45, 2.75) is 82.1 Å². The van der Waals surface area contributed by atoms with Gasteiger partial charge >= 0.3 is 0 Å². The first-order chi connectivity index (χ1) is 13.5. The largest absolute Gasteiger partial charge is 0.395 e. The smallest absolute Gasteiger partial charge is 0.109 e. The van der Waals surface area contributed by atoms with Crippen LogP contribution in [0.3, 0.4) is 0 Å². The van der Waals surface area contributed by atoms with Gasteiger partial charge in [0, 0.05) is 13.2 Å². The van der Waals surface area contributed by atoms with Gasteiger partial charge in [-0.25, -0.2) is 0 Å². The lowest BCUT2D eigenvalue weighted by Crippen LogP contribution is -2.62. The van der Waals surface area contributed by atoms with Crippen LogP contribution in [0, 0.1) is 23.2 Å². The molecular formula is C22H39NO5. The first-order valence-corrected chi connectivity index (χ1v) is 11.5. The molecule has 6 nitrogen and oxygen atoms in total. The van der Waals surface area contributed by atoms with Gasteiger partial charge in [-0.1, -0.05) is 0 Å². The van der Waals surface area contributed by atoms with Crippen molar-refractivity contribution in [1.82, 2.24) is 4.90 Å². The Hall–Kier alpha value is -0.240. The second-order valence-corrected chi connectivity index (χ2v) is 10.3. The molecule has 1 saturated heterocycles. The predicted octanol–water partition coefficient (Wildman–Crippen LogP) is 1.15. The topological polar surface area (TPSA) is 93.4 Å². The molecule has 0 amide bonds. The second kappa shape index (κ2) is 8.86. The van der Waals surface area contributed by atoms with Crippen LogP contribution in [0.4, 0.5) is 0 Å². The number of nitrogens with zero attached hydrogens (tertiary/aromatic N) is 1. The van der Waals surface area contributed by atoms with E-state index in [1.807, 2.05) is 4.90 Å². The molecule has 4 saturated carbocycles. The first kappa shape index (κ1) is 21.0. The Morgan fingerprint density at radius 1 is 0.857 bits per heavy atom. The van der Waals surface area contributed by atoms with E-state index in [4.69, 9.17) is 4.74 Å². The Morgan fingerprint density at radius 3 is 2.11 bits per heavy atom. The first-order valence-electron chi connectivity index (χ1n) is 11.5. The Labute approximate surface area is 168 Å². The van der Waals surface area contributed by atoms with Crippen molar-refractivity contribution in [2.24, 2.45) is 23.2 Å². The Balaban J connectivity index is 1.11. The van der Waals surface area contributed by atoms with E-state index in [-0.39, 0.29) is 6.61 Å². The van der Waals surface area contributed by atoms with Gasteiger partial charge in [0.15, 0.2) is 0 Å². The number of unbranched alkanes of at least 4 members (excludes halogenated alkanes) is 2. The number of rotatable bonds is 9. The SMILES string of the molecule is OCC1[C@H](O)C(O)C(O)CN1CCCCCOCC12CC3CC(CC(C3)C1)C2. The summed E-state index contributed by atoms with van der Waals surface area (Å²) in [4.78, 5) is 1.90. The minimum atomic E-state index is -1.17. The molecule has 1 aliphatic heterocycles. The quantitative estimate of drug-likeness (QED) is 0.436. The fourth-order valence-electron chi connectivity index (χ4n) is 7.09. The van der Waals surface area contributed by atoms with Crippen LogP contribution in [0.25, 0.3) is 0 Å². The van der Waals surface area contributed by atoms with E-state index in [1.54, 1.807) is 0 Å². The zero-order valence-corrected chi connectivity index (χ0v) is 17.1. The Bertz CT molecular complexity index is 480. The van der Waals surface area contributed by atoms with Gasteiger partial charge in [0.05, 0.1) is 25.4 Å². The van der Waals surface area contributed by atoms with Crippen molar-refractivity contribution in [3.8, 4) is 0 Å². The molecule has 4 bridgehead atoms. The van der Waals surface area contributed by atoms with Crippen LogP contribution in [-0.4, -0.2) is 82.6 Å². The summed E-state index contributed by atoms with van der Waals surface area (Å²) in [6.45, 7) is 2.56. The molecule has 1 heterocycles. The number of piperidine rings is 1. The molecule has 6 heteroatoms. The van der Waals surface area contributed by atoms with Crippen molar-refractivity contribution in [2.75, 3.05) is 32.9 Å². The molecule has 0 aromatic rings. The average molecular weight is 398 g/mol. The zero-order valence-electron chi connectivity index (χ0n) is 17.1. The Morgan fingerprint density at radius 2 is 1.50 bits per heavy atom. The van der Waals surface area contributed by atoms with Gasteiger partial charge in [0.2, 0.25) is 0 Å². The second-order valence-electron chi connectivity index (χ2n) is 10.3. The van der Waals surface area contributed by atoms with E-state index in [0.29, 0.717) is 18.5 Å². The van der Waals surface area contributed by atoms with Crippen LogP contribution < -0.4 is 0 Å². The summed E-state index contributed by atoms with van der Waals surface area (Å²) in [7, 11) is 0. The van der Waals surface area contributed by atoms with Crippen LogP contribution in [0.2, 0.25) is 0 Å². The molecule has 162 valence electrons. The molecule has 0 aromatic carbocycles. The van der Waals surface area contributed by atoms with Gasteiger partial charge in [-0.05, 0) is 87.5 Å². The molecular weight excluding hydrogens is 358 g/mol. The molecule has 0 aromatic heterocycles. The van der Waals surface area contributed by atoms with Crippen molar-refractivity contribution < 1.29 is 25.2 Å². The lowest BCUT2D eigenvalue weighted by molar-refractivity contribution is -0.145. The van der Waals surface area contributed by atoms with E-state index >= 15 is 0 Å². The van der Waals surface area contributed by atoms with Crippen molar-refractivity contribution in [1.29, 1.82) is 0 Å². The van der Waals surface area contributed by atoms with Crippen LogP contribution in [-0.2, 0) is 4.74 Å². The normalized spacial score (nSPS) is 45.6. The number of likely N-dealkylation sites (tertiary alicyclic amines) is 1. The van der Waals surface area contributed by atoms with E-state index < -0.39 is 24.4 Å². The number of hydrogen-bond donors (Lipinski definition) is 4. The molecule has 0 radical (unpaired) electrons. The molecule has 5 aliphatic rings. The predicted molar refractivity (Wildman–Crippen MR) is 106 cm³/mol. The number of aliphatic hydroxyl groups is 4.